The zero-order chi connectivity index (χ0) is 16.4. The van der Waals surface area contributed by atoms with Crippen molar-refractivity contribution in [2.45, 2.75) is 27.7 Å². The predicted molar refractivity (Wildman–Crippen MR) is 87.5 cm³/mol. The molecule has 112 valence electrons. The van der Waals surface area contributed by atoms with Crippen LogP contribution in [0.25, 0.3) is 11.8 Å². The average molecular weight is 293 g/mol. The number of nitrogens with zero attached hydrogens (tertiary/aromatic N) is 2. The Balaban J connectivity index is 2.68. The Morgan fingerprint density at radius 1 is 1.23 bits per heavy atom. The van der Waals surface area contributed by atoms with Gasteiger partial charge in [-0.3, -0.25) is 4.79 Å². The number of primary amides is 1. The molecule has 0 unspecified atom stereocenters. The summed E-state index contributed by atoms with van der Waals surface area (Å²) < 4.78 is 2.15. The molecule has 0 aliphatic carbocycles. The Morgan fingerprint density at radius 2 is 1.82 bits per heavy atom. The third-order valence-corrected chi connectivity index (χ3v) is 3.82. The van der Waals surface area contributed by atoms with Gasteiger partial charge < -0.3 is 10.3 Å². The van der Waals surface area contributed by atoms with Crippen LogP contribution in [0.5, 0.6) is 0 Å². The average Bonchev–Trinajstić information content (AvgIpc) is 2.71. The van der Waals surface area contributed by atoms with Gasteiger partial charge in [0, 0.05) is 11.4 Å². The molecule has 0 saturated heterocycles. The molecule has 2 rings (SSSR count). The number of para-hydroxylation sites is 1. The third kappa shape index (κ3) is 2.66. The Morgan fingerprint density at radius 3 is 2.32 bits per heavy atom. The lowest BCUT2D eigenvalue weighted by atomic mass is 10.1. The molecule has 1 aromatic carbocycles. The molecular weight excluding hydrogens is 274 g/mol. The van der Waals surface area contributed by atoms with Crippen LogP contribution in [0.2, 0.25) is 0 Å². The van der Waals surface area contributed by atoms with Crippen LogP contribution in [-0.2, 0) is 4.79 Å². The van der Waals surface area contributed by atoms with E-state index < -0.39 is 5.91 Å². The number of carbonyl (C=O) groups excluding carboxylic acids is 1. The van der Waals surface area contributed by atoms with Crippen molar-refractivity contribution >= 4 is 12.0 Å². The van der Waals surface area contributed by atoms with Gasteiger partial charge in [0.2, 0.25) is 0 Å². The highest BCUT2D eigenvalue weighted by atomic mass is 16.1. The minimum absolute atomic E-state index is 0.0400. The minimum Gasteiger partial charge on any atom is -0.365 e. The summed E-state index contributed by atoms with van der Waals surface area (Å²) in [4.78, 5) is 11.2. The number of nitrogens with two attached hydrogens (primary N) is 1. The molecule has 0 spiro atoms. The fourth-order valence-corrected chi connectivity index (χ4v) is 2.75. The summed E-state index contributed by atoms with van der Waals surface area (Å²) in [5.41, 5.74) is 11.5. The molecule has 1 amide bonds. The number of nitriles is 1. The van der Waals surface area contributed by atoms with Gasteiger partial charge in [-0.2, -0.15) is 5.26 Å². The van der Waals surface area contributed by atoms with Crippen LogP contribution < -0.4 is 5.73 Å². The van der Waals surface area contributed by atoms with E-state index in [9.17, 15) is 4.79 Å². The molecule has 0 atom stereocenters. The zero-order valence-electron chi connectivity index (χ0n) is 13.3. The second-order valence-corrected chi connectivity index (χ2v) is 5.44. The van der Waals surface area contributed by atoms with Crippen LogP contribution in [-0.4, -0.2) is 10.5 Å². The lowest BCUT2D eigenvalue weighted by molar-refractivity contribution is -0.114. The number of amides is 1. The Kier molecular flexibility index (Phi) is 4.18. The van der Waals surface area contributed by atoms with Crippen molar-refractivity contribution < 1.29 is 4.79 Å². The summed E-state index contributed by atoms with van der Waals surface area (Å²) >= 11 is 0. The first-order valence-electron chi connectivity index (χ1n) is 7.04. The number of aromatic nitrogens is 1. The van der Waals surface area contributed by atoms with Crippen molar-refractivity contribution in [2.24, 2.45) is 5.73 Å². The van der Waals surface area contributed by atoms with Gasteiger partial charge in [-0.15, -0.1) is 0 Å². The van der Waals surface area contributed by atoms with E-state index >= 15 is 0 Å². The Bertz CT molecular complexity index is 799. The highest BCUT2D eigenvalue weighted by Crippen LogP contribution is 2.27. The molecule has 0 fully saturated rings. The van der Waals surface area contributed by atoms with Crippen LogP contribution in [0.4, 0.5) is 0 Å². The first kappa shape index (κ1) is 15.6. The molecule has 4 nitrogen and oxygen atoms in total. The summed E-state index contributed by atoms with van der Waals surface area (Å²) in [5.74, 6) is -0.709. The second-order valence-electron chi connectivity index (χ2n) is 5.44. The van der Waals surface area contributed by atoms with Crippen molar-refractivity contribution in [1.29, 1.82) is 5.26 Å². The van der Waals surface area contributed by atoms with Crippen LogP contribution >= 0.6 is 0 Å². The fraction of sp³-hybridized carbons (Fsp3) is 0.222. The van der Waals surface area contributed by atoms with Crippen molar-refractivity contribution in [3.8, 4) is 11.8 Å². The highest BCUT2D eigenvalue weighted by Gasteiger charge is 2.14. The summed E-state index contributed by atoms with van der Waals surface area (Å²) in [6.07, 6.45) is 1.55. The van der Waals surface area contributed by atoms with E-state index in [0.717, 1.165) is 22.6 Å². The molecule has 1 aromatic heterocycles. The maximum Gasteiger partial charge on any atom is 0.259 e. The summed E-state index contributed by atoms with van der Waals surface area (Å²) in [5, 5.41) is 9.00. The smallest absolute Gasteiger partial charge is 0.259 e. The van der Waals surface area contributed by atoms with Gasteiger partial charge in [0.05, 0.1) is 5.69 Å². The molecular formula is C18H19N3O. The number of benzene rings is 1. The lowest BCUT2D eigenvalue weighted by Crippen LogP contribution is -2.12. The molecule has 22 heavy (non-hydrogen) atoms. The van der Waals surface area contributed by atoms with Crippen LogP contribution in [0, 0.1) is 39.0 Å². The summed E-state index contributed by atoms with van der Waals surface area (Å²) in [7, 11) is 0. The number of carbonyl (C=O) groups is 1. The van der Waals surface area contributed by atoms with E-state index in [4.69, 9.17) is 11.0 Å². The molecule has 2 N–H and O–H groups in total. The van der Waals surface area contributed by atoms with Crippen molar-refractivity contribution in [1.82, 2.24) is 4.57 Å². The largest absolute Gasteiger partial charge is 0.365 e. The van der Waals surface area contributed by atoms with E-state index in [1.165, 1.54) is 11.1 Å². The SMILES string of the molecule is Cc1cccc(C)c1-n1c(C)cc(/C=C(\C#N)C(N)=O)c1C. The first-order chi connectivity index (χ1) is 10.4. The summed E-state index contributed by atoms with van der Waals surface area (Å²) in [6, 6.07) is 9.98. The number of aryl methyl sites for hydroxylation is 3. The van der Waals surface area contributed by atoms with Crippen LogP contribution in [0.1, 0.15) is 28.1 Å². The van der Waals surface area contributed by atoms with E-state index in [0.29, 0.717) is 0 Å². The predicted octanol–water partition coefficient (Wildman–Crippen LogP) is 3.10. The summed E-state index contributed by atoms with van der Waals surface area (Å²) in [6.45, 7) is 8.12. The maximum atomic E-state index is 11.2. The number of hydrogen-bond donors (Lipinski definition) is 1. The highest BCUT2D eigenvalue weighted by molar-refractivity contribution is 6.00. The quantitative estimate of drug-likeness (QED) is 0.697. The molecule has 2 aromatic rings. The van der Waals surface area contributed by atoms with E-state index in [2.05, 4.69) is 30.5 Å². The van der Waals surface area contributed by atoms with Crippen LogP contribution in [0.15, 0.2) is 29.8 Å². The third-order valence-electron chi connectivity index (χ3n) is 3.82. The molecule has 0 bridgehead atoms. The lowest BCUT2D eigenvalue weighted by Gasteiger charge is -2.15. The van der Waals surface area contributed by atoms with Gasteiger partial charge in [0.15, 0.2) is 0 Å². The monoisotopic (exact) mass is 293 g/mol. The van der Waals surface area contributed by atoms with Crippen LogP contribution in [0.3, 0.4) is 0 Å². The van der Waals surface area contributed by atoms with Crippen molar-refractivity contribution in [2.75, 3.05) is 0 Å². The van der Waals surface area contributed by atoms with Crippen molar-refractivity contribution in [3.05, 3.63) is 57.9 Å². The van der Waals surface area contributed by atoms with Gasteiger partial charge in [0.25, 0.3) is 5.91 Å². The molecule has 0 aliphatic heterocycles. The van der Waals surface area contributed by atoms with Gasteiger partial charge >= 0.3 is 0 Å². The van der Waals surface area contributed by atoms with E-state index in [-0.39, 0.29) is 5.57 Å². The molecule has 0 saturated carbocycles. The van der Waals surface area contributed by atoms with Gasteiger partial charge in [0.1, 0.15) is 11.6 Å². The number of hydrogen-bond acceptors (Lipinski definition) is 2. The molecule has 1 heterocycles. The van der Waals surface area contributed by atoms with Gasteiger partial charge in [-0.1, -0.05) is 18.2 Å². The first-order valence-corrected chi connectivity index (χ1v) is 7.04. The van der Waals surface area contributed by atoms with E-state index in [1.54, 1.807) is 6.08 Å². The Hall–Kier alpha value is -2.80. The topological polar surface area (TPSA) is 71.8 Å². The minimum atomic E-state index is -0.709. The normalized spacial score (nSPS) is 11.3. The fourth-order valence-electron chi connectivity index (χ4n) is 2.75. The molecule has 4 heteroatoms. The van der Waals surface area contributed by atoms with Gasteiger partial charge in [-0.05, 0) is 56.5 Å². The Labute approximate surface area is 130 Å². The number of rotatable bonds is 3. The molecule has 0 radical (unpaired) electrons. The molecule has 0 aliphatic rings. The van der Waals surface area contributed by atoms with Crippen molar-refractivity contribution in [3.63, 3.8) is 0 Å². The standard InChI is InChI=1S/C18H19N3O/c1-11-6-5-7-12(2)17(11)21-13(3)8-15(14(21)4)9-16(10-19)18(20)22/h5-9H,1-4H3,(H2,20,22)/b16-9+. The second kappa shape index (κ2) is 5.90. The zero-order valence-corrected chi connectivity index (χ0v) is 13.3. The van der Waals surface area contributed by atoms with Gasteiger partial charge in [-0.25, -0.2) is 0 Å². The van der Waals surface area contributed by atoms with E-state index in [1.807, 2.05) is 32.0 Å². The maximum absolute atomic E-state index is 11.2.